The summed E-state index contributed by atoms with van der Waals surface area (Å²) in [6.45, 7) is 0.752. The van der Waals surface area contributed by atoms with Crippen LogP contribution in [0.25, 0.3) is 10.2 Å². The van der Waals surface area contributed by atoms with E-state index < -0.39 is 40.7 Å². The summed E-state index contributed by atoms with van der Waals surface area (Å²) in [7, 11) is -3.95. The second-order valence-electron chi connectivity index (χ2n) is 11.5. The number of ether oxygens (including phenoxy) is 2. The zero-order valence-electron chi connectivity index (χ0n) is 26.3. The minimum Gasteiger partial charge on any atom is -0.491 e. The van der Waals surface area contributed by atoms with Crippen molar-refractivity contribution < 1.29 is 42.1 Å². The van der Waals surface area contributed by atoms with Crippen LogP contribution < -0.4 is 14.6 Å². The first-order chi connectivity index (χ1) is 23.4. The molecular weight excluding hydrogens is 678 g/mol. The van der Waals surface area contributed by atoms with Crippen molar-refractivity contribution in [2.45, 2.75) is 49.3 Å². The summed E-state index contributed by atoms with van der Waals surface area (Å²) in [6, 6.07) is 18.1. The van der Waals surface area contributed by atoms with Crippen LogP contribution in [-0.2, 0) is 39.1 Å². The third-order valence-electron chi connectivity index (χ3n) is 7.59. The summed E-state index contributed by atoms with van der Waals surface area (Å²) in [6.07, 6.45) is 0.383. The lowest BCUT2D eigenvalue weighted by Gasteiger charge is -2.19. The Hall–Kier alpha value is -4.77. The summed E-state index contributed by atoms with van der Waals surface area (Å²) < 4.78 is 49.0. The number of alkyl halides is 1. The number of nitrogens with zero attached hydrogens (tertiary/aromatic N) is 4. The molecule has 4 N–H and O–H groups in total. The van der Waals surface area contributed by atoms with E-state index in [-0.39, 0.29) is 42.6 Å². The molecule has 2 aromatic heterocycles. The van der Waals surface area contributed by atoms with Gasteiger partial charge in [-0.1, -0.05) is 47.2 Å². The molecule has 13 nitrogen and oxygen atoms in total. The Morgan fingerprint density at radius 2 is 1.67 bits per heavy atom. The quantitative estimate of drug-likeness (QED) is 0.127. The second kappa shape index (κ2) is 15.6. The largest absolute Gasteiger partial charge is 0.491 e. The number of sulfonamides is 1. The highest BCUT2D eigenvalue weighted by molar-refractivity contribution is 7.91. The van der Waals surface area contributed by atoms with Crippen molar-refractivity contribution in [1.29, 1.82) is 0 Å². The molecule has 2 heterocycles. The molecular formula is C33H34FN5O8S2. The van der Waals surface area contributed by atoms with Gasteiger partial charge in [0.15, 0.2) is 5.78 Å². The monoisotopic (exact) mass is 711 g/mol. The number of carbonyl (C=O) groups excluding carboxylic acids is 1. The van der Waals surface area contributed by atoms with E-state index in [9.17, 15) is 32.6 Å². The summed E-state index contributed by atoms with van der Waals surface area (Å²) in [4.78, 5) is 30.1. The fourth-order valence-corrected chi connectivity index (χ4v) is 6.64. The van der Waals surface area contributed by atoms with Gasteiger partial charge >= 0.3 is 5.97 Å². The zero-order valence-corrected chi connectivity index (χ0v) is 27.9. The van der Waals surface area contributed by atoms with Gasteiger partial charge < -0.3 is 19.7 Å². The van der Waals surface area contributed by atoms with Crippen molar-refractivity contribution in [3.8, 4) is 11.5 Å². The molecule has 0 aliphatic rings. The molecule has 16 heteroatoms. The number of benzene rings is 3. The Morgan fingerprint density at radius 1 is 1.00 bits per heavy atom. The number of carboxylic acid groups (broad SMARTS) is 1. The molecule has 1 unspecified atom stereocenters. The van der Waals surface area contributed by atoms with Crippen molar-refractivity contribution in [3.05, 3.63) is 95.3 Å². The average Bonchev–Trinajstić information content (AvgIpc) is 3.73. The minimum absolute atomic E-state index is 0.0325. The number of hydrogen-bond donors (Lipinski definition) is 3. The number of carboxylic acids is 1. The number of nitrogens with two attached hydrogens (primary N) is 1. The molecule has 0 fully saturated rings. The zero-order chi connectivity index (χ0) is 35.1. The number of aromatic nitrogens is 4. The topological polar surface area (TPSA) is 197 Å². The highest BCUT2D eigenvalue weighted by Gasteiger charge is 2.29. The van der Waals surface area contributed by atoms with Crippen molar-refractivity contribution in [2.24, 2.45) is 11.1 Å². The van der Waals surface area contributed by atoms with Crippen molar-refractivity contribution in [3.63, 3.8) is 0 Å². The van der Waals surface area contributed by atoms with Crippen molar-refractivity contribution in [2.75, 3.05) is 13.3 Å². The highest BCUT2D eigenvalue weighted by atomic mass is 32.2. The number of carbonyl (C=O) groups is 2. The second-order valence-corrected chi connectivity index (χ2v) is 14.3. The van der Waals surface area contributed by atoms with Crippen LogP contribution in [0.4, 0.5) is 4.39 Å². The van der Waals surface area contributed by atoms with E-state index in [4.69, 9.17) is 14.6 Å². The normalized spacial score (nSPS) is 13.6. The van der Waals surface area contributed by atoms with Gasteiger partial charge in [0.1, 0.15) is 49.2 Å². The molecule has 0 amide bonds. The van der Waals surface area contributed by atoms with E-state index in [1.165, 1.54) is 4.68 Å². The number of aliphatic hydroxyl groups is 1. The number of primary sulfonamides is 1. The number of hydrogen-bond acceptors (Lipinski definition) is 11. The molecule has 0 spiro atoms. The predicted molar refractivity (Wildman–Crippen MR) is 178 cm³/mol. The maximum Gasteiger partial charge on any atom is 0.307 e. The van der Waals surface area contributed by atoms with Gasteiger partial charge in [-0.3, -0.25) is 9.59 Å². The van der Waals surface area contributed by atoms with Gasteiger partial charge in [-0.05, 0) is 54.8 Å². The van der Waals surface area contributed by atoms with Crippen LogP contribution in [0, 0.1) is 12.8 Å². The van der Waals surface area contributed by atoms with Gasteiger partial charge in [0.05, 0.1) is 22.3 Å². The Kier molecular flexibility index (Phi) is 11.3. The smallest absolute Gasteiger partial charge is 0.307 e. The lowest BCUT2D eigenvalue weighted by Crippen LogP contribution is -2.28. The van der Waals surface area contributed by atoms with Gasteiger partial charge in [-0.15, -0.1) is 16.4 Å². The number of aliphatic hydroxyl groups excluding tert-OH is 1. The maximum atomic E-state index is 13.8. The van der Waals surface area contributed by atoms with Crippen molar-refractivity contribution in [1.82, 2.24) is 20.0 Å². The first-order valence-electron chi connectivity index (χ1n) is 15.1. The van der Waals surface area contributed by atoms with Gasteiger partial charge in [-0.2, -0.15) is 0 Å². The molecule has 5 aromatic rings. The van der Waals surface area contributed by atoms with Crippen LogP contribution in [0.3, 0.4) is 0 Å². The molecule has 0 saturated heterocycles. The van der Waals surface area contributed by atoms with Gasteiger partial charge in [0.2, 0.25) is 4.34 Å². The molecule has 5 rings (SSSR count). The summed E-state index contributed by atoms with van der Waals surface area (Å²) in [5.41, 5.74) is 3.39. The summed E-state index contributed by atoms with van der Waals surface area (Å²) >= 11 is 0.916. The third-order valence-corrected chi connectivity index (χ3v) is 9.93. The van der Waals surface area contributed by atoms with Crippen LogP contribution in [0.1, 0.15) is 34.8 Å². The first kappa shape index (κ1) is 35.5. The molecule has 0 saturated carbocycles. The van der Waals surface area contributed by atoms with Crippen molar-refractivity contribution >= 4 is 43.3 Å². The molecule has 49 heavy (non-hydrogen) atoms. The molecule has 258 valence electrons. The van der Waals surface area contributed by atoms with E-state index in [2.05, 4.69) is 15.3 Å². The van der Waals surface area contributed by atoms with E-state index in [0.717, 1.165) is 22.5 Å². The molecule has 0 aliphatic heterocycles. The lowest BCUT2D eigenvalue weighted by molar-refractivity contribution is -0.144. The maximum absolute atomic E-state index is 13.8. The Labute approximate surface area is 285 Å². The average molecular weight is 712 g/mol. The van der Waals surface area contributed by atoms with Crippen LogP contribution in [-0.4, -0.2) is 69.7 Å². The van der Waals surface area contributed by atoms with E-state index in [0.29, 0.717) is 33.0 Å². The number of Topliss-reactive ketones (excluding diaryl/α,β-unsaturated/α-hetero) is 1. The number of aliphatic carboxylic acids is 1. The number of rotatable bonds is 17. The Bertz CT molecular complexity index is 2020. The standard InChI is InChI=1S/C33H34FN5O8S2/c1-20-2-4-21(5-3-20)12-23(32(42)43)14-30(41)29(13-22-6-8-26(9-7-22)47-19-25(40)16-34)39-17-24(37-38-39)18-46-27-10-11-28-31(15-27)48-33(36-28)49(35,44)45/h2-11,15,17,23,25,29,40H,12-14,16,18-19H2,1H3,(H,42,43)(H2,35,44,45)/t23-,25?,29+/m1/s1. The van der Waals surface area contributed by atoms with Gasteiger partial charge in [0.25, 0.3) is 10.0 Å². The lowest BCUT2D eigenvalue weighted by atomic mass is 9.90. The Balaban J connectivity index is 1.33. The molecule has 3 atom stereocenters. The third kappa shape index (κ3) is 9.66. The summed E-state index contributed by atoms with van der Waals surface area (Å²) in [5, 5.41) is 33.0. The predicted octanol–water partition coefficient (Wildman–Crippen LogP) is 3.82. The van der Waals surface area contributed by atoms with Crippen LogP contribution in [0.15, 0.2) is 77.3 Å². The van der Waals surface area contributed by atoms with Crippen LogP contribution in [0.5, 0.6) is 11.5 Å². The summed E-state index contributed by atoms with van der Waals surface area (Å²) in [5.74, 6) is -1.60. The molecule has 0 radical (unpaired) electrons. The SMILES string of the molecule is Cc1ccc(C[C@H](CC(=O)[C@H](Cc2ccc(OCC(O)CF)cc2)n2cc(COc3ccc4nc(S(N)(=O)=O)sc4c3)nn2)C(=O)O)cc1. The molecule has 0 bridgehead atoms. The fraction of sp³-hybridized carbons (Fsp3) is 0.303. The van der Waals surface area contributed by atoms with E-state index in [1.54, 1.807) is 48.7 Å². The van der Waals surface area contributed by atoms with E-state index in [1.807, 2.05) is 31.2 Å². The number of thiazole rings is 1. The van der Waals surface area contributed by atoms with E-state index >= 15 is 0 Å². The van der Waals surface area contributed by atoms with Crippen LogP contribution in [0.2, 0.25) is 0 Å². The number of halogens is 1. The van der Waals surface area contributed by atoms with Crippen LogP contribution >= 0.6 is 11.3 Å². The Morgan fingerprint density at radius 3 is 2.35 bits per heavy atom. The van der Waals surface area contributed by atoms with Gasteiger partial charge in [0, 0.05) is 12.8 Å². The first-order valence-corrected chi connectivity index (χ1v) is 17.5. The number of aryl methyl sites for hydroxylation is 1. The highest BCUT2D eigenvalue weighted by Crippen LogP contribution is 2.29. The molecule has 0 aliphatic carbocycles. The minimum atomic E-state index is -3.95. The van der Waals surface area contributed by atoms with Gasteiger partial charge in [-0.25, -0.2) is 27.6 Å². The fourth-order valence-electron chi connectivity index (χ4n) is 4.96. The number of fused-ring (bicyclic) bond motifs is 1. The molecule has 3 aromatic carbocycles. The number of ketones is 1.